The van der Waals surface area contributed by atoms with E-state index in [9.17, 15) is 4.79 Å². The Morgan fingerprint density at radius 3 is 2.65 bits per heavy atom. The summed E-state index contributed by atoms with van der Waals surface area (Å²) in [4.78, 5) is 15.1. The Hall–Kier alpha value is -2.14. The molecule has 1 N–H and O–H groups in total. The van der Waals surface area contributed by atoms with E-state index < -0.39 is 0 Å². The third-order valence-corrected chi connectivity index (χ3v) is 5.91. The second-order valence-corrected chi connectivity index (χ2v) is 7.61. The van der Waals surface area contributed by atoms with E-state index in [-0.39, 0.29) is 5.91 Å². The molecule has 4 rings (SSSR count). The van der Waals surface area contributed by atoms with Gasteiger partial charge in [0.25, 0.3) is 5.91 Å². The Morgan fingerprint density at radius 1 is 1.23 bits per heavy atom. The lowest BCUT2D eigenvalue weighted by Gasteiger charge is -2.36. The van der Waals surface area contributed by atoms with Crippen molar-refractivity contribution in [2.75, 3.05) is 13.1 Å². The van der Waals surface area contributed by atoms with Gasteiger partial charge in [0, 0.05) is 25.7 Å². The summed E-state index contributed by atoms with van der Waals surface area (Å²) in [5.74, 6) is 0.449. The van der Waals surface area contributed by atoms with Gasteiger partial charge in [0.05, 0.1) is 5.69 Å². The molecule has 138 valence electrons. The van der Waals surface area contributed by atoms with Crippen molar-refractivity contribution in [1.29, 1.82) is 0 Å². The molecule has 1 fully saturated rings. The lowest BCUT2D eigenvalue weighted by molar-refractivity contribution is 0.0949. The molecule has 1 aromatic heterocycles. The van der Waals surface area contributed by atoms with Crippen molar-refractivity contribution in [3.63, 3.8) is 0 Å². The van der Waals surface area contributed by atoms with E-state index in [1.54, 1.807) is 13.8 Å². The van der Waals surface area contributed by atoms with E-state index in [2.05, 4.69) is 33.6 Å². The Bertz CT molecular complexity index is 788. The highest BCUT2D eigenvalue weighted by atomic mass is 16.5. The lowest BCUT2D eigenvalue weighted by atomic mass is 9.91. The number of amides is 1. The van der Waals surface area contributed by atoms with Crippen molar-refractivity contribution in [3.8, 4) is 0 Å². The summed E-state index contributed by atoms with van der Waals surface area (Å²) in [6.45, 7) is 6.43. The van der Waals surface area contributed by atoms with Crippen LogP contribution < -0.4 is 5.32 Å². The van der Waals surface area contributed by atoms with E-state index in [1.807, 2.05) is 0 Å². The van der Waals surface area contributed by atoms with Crippen LogP contribution in [0.2, 0.25) is 0 Å². The quantitative estimate of drug-likeness (QED) is 0.917. The largest absolute Gasteiger partial charge is 0.361 e. The lowest BCUT2D eigenvalue weighted by Crippen LogP contribution is -2.41. The number of benzene rings is 1. The predicted molar refractivity (Wildman–Crippen MR) is 100 cm³/mol. The topological polar surface area (TPSA) is 58.4 Å². The van der Waals surface area contributed by atoms with Crippen LogP contribution in [0.25, 0.3) is 0 Å². The number of nitrogens with zero attached hydrogens (tertiary/aromatic N) is 2. The van der Waals surface area contributed by atoms with Crippen LogP contribution in [0.3, 0.4) is 0 Å². The van der Waals surface area contributed by atoms with E-state index in [0.29, 0.717) is 23.6 Å². The Morgan fingerprint density at radius 2 is 2.00 bits per heavy atom. The third kappa shape index (κ3) is 3.40. The minimum Gasteiger partial charge on any atom is -0.361 e. The normalized spacial score (nSPS) is 18.1. The molecule has 0 unspecified atom stereocenters. The zero-order valence-corrected chi connectivity index (χ0v) is 15.7. The fourth-order valence-electron chi connectivity index (χ4n) is 4.10. The molecular formula is C21H27N3O2. The first kappa shape index (κ1) is 17.3. The van der Waals surface area contributed by atoms with Gasteiger partial charge >= 0.3 is 0 Å². The molecule has 2 aromatic rings. The van der Waals surface area contributed by atoms with E-state index >= 15 is 0 Å². The molecule has 1 aromatic carbocycles. The van der Waals surface area contributed by atoms with Crippen LogP contribution in [-0.2, 0) is 19.4 Å². The monoisotopic (exact) mass is 353 g/mol. The Balaban J connectivity index is 1.40. The summed E-state index contributed by atoms with van der Waals surface area (Å²) >= 11 is 0. The SMILES string of the molecule is Cc1noc(C)c1C(=O)NCc1ccc2c(c1)CCN(C1CCC1)CC2. The molecule has 1 aliphatic carbocycles. The fraction of sp³-hybridized carbons (Fsp3) is 0.524. The highest BCUT2D eigenvalue weighted by Crippen LogP contribution is 2.27. The molecule has 0 spiro atoms. The van der Waals surface area contributed by atoms with Crippen LogP contribution in [0.15, 0.2) is 22.7 Å². The highest BCUT2D eigenvalue weighted by Gasteiger charge is 2.26. The molecule has 0 bridgehead atoms. The average molecular weight is 353 g/mol. The third-order valence-electron chi connectivity index (χ3n) is 5.91. The molecule has 5 heteroatoms. The predicted octanol–water partition coefficient (Wildman–Crippen LogP) is 3.17. The van der Waals surface area contributed by atoms with Crippen LogP contribution in [0, 0.1) is 13.8 Å². The van der Waals surface area contributed by atoms with E-state index in [1.165, 1.54) is 36.9 Å². The first-order valence-electron chi connectivity index (χ1n) is 9.67. The second-order valence-electron chi connectivity index (χ2n) is 7.61. The van der Waals surface area contributed by atoms with Crippen molar-refractivity contribution < 1.29 is 9.32 Å². The molecule has 26 heavy (non-hydrogen) atoms. The molecule has 2 heterocycles. The zero-order chi connectivity index (χ0) is 18.1. The number of hydrogen-bond acceptors (Lipinski definition) is 4. The van der Waals surface area contributed by atoms with Crippen molar-refractivity contribution in [1.82, 2.24) is 15.4 Å². The minimum atomic E-state index is -0.118. The number of carbonyl (C=O) groups is 1. The minimum absolute atomic E-state index is 0.118. The maximum absolute atomic E-state index is 12.4. The molecule has 1 aliphatic heterocycles. The molecular weight excluding hydrogens is 326 g/mol. The van der Waals surface area contributed by atoms with Gasteiger partial charge < -0.3 is 9.84 Å². The molecule has 1 saturated carbocycles. The molecule has 0 saturated heterocycles. The van der Waals surface area contributed by atoms with Gasteiger partial charge in [0.2, 0.25) is 0 Å². The van der Waals surface area contributed by atoms with Gasteiger partial charge in [-0.15, -0.1) is 0 Å². The summed E-state index contributed by atoms with van der Waals surface area (Å²) in [5, 5.41) is 6.85. The van der Waals surface area contributed by atoms with Crippen LogP contribution in [-0.4, -0.2) is 35.1 Å². The Labute approximate surface area is 154 Å². The van der Waals surface area contributed by atoms with Gasteiger partial charge in [-0.2, -0.15) is 0 Å². The van der Waals surface area contributed by atoms with E-state index in [0.717, 1.165) is 31.0 Å². The number of carbonyl (C=O) groups excluding carboxylic acids is 1. The second kappa shape index (κ2) is 7.23. The van der Waals surface area contributed by atoms with Crippen LogP contribution in [0.5, 0.6) is 0 Å². The van der Waals surface area contributed by atoms with Crippen molar-refractivity contribution in [3.05, 3.63) is 51.9 Å². The van der Waals surface area contributed by atoms with Gasteiger partial charge in [-0.1, -0.05) is 29.8 Å². The van der Waals surface area contributed by atoms with Gasteiger partial charge in [0.15, 0.2) is 0 Å². The summed E-state index contributed by atoms with van der Waals surface area (Å²) in [6.07, 6.45) is 6.38. The van der Waals surface area contributed by atoms with Crippen molar-refractivity contribution in [2.24, 2.45) is 0 Å². The summed E-state index contributed by atoms with van der Waals surface area (Å²) in [6, 6.07) is 7.48. The number of nitrogens with one attached hydrogen (secondary N) is 1. The van der Waals surface area contributed by atoms with Crippen molar-refractivity contribution in [2.45, 2.75) is 58.5 Å². The number of aromatic nitrogens is 1. The maximum atomic E-state index is 12.4. The van der Waals surface area contributed by atoms with Crippen LogP contribution in [0.1, 0.15) is 57.8 Å². The number of rotatable bonds is 4. The first-order chi connectivity index (χ1) is 12.6. The fourth-order valence-corrected chi connectivity index (χ4v) is 4.10. The first-order valence-corrected chi connectivity index (χ1v) is 9.67. The van der Waals surface area contributed by atoms with E-state index in [4.69, 9.17) is 4.52 Å². The average Bonchev–Trinajstić information content (AvgIpc) is 2.79. The summed E-state index contributed by atoms with van der Waals surface area (Å²) in [5.41, 5.74) is 5.25. The molecule has 5 nitrogen and oxygen atoms in total. The smallest absolute Gasteiger partial charge is 0.257 e. The maximum Gasteiger partial charge on any atom is 0.257 e. The van der Waals surface area contributed by atoms with Crippen LogP contribution >= 0.6 is 0 Å². The van der Waals surface area contributed by atoms with Crippen LogP contribution in [0.4, 0.5) is 0 Å². The van der Waals surface area contributed by atoms with Gasteiger partial charge in [-0.3, -0.25) is 9.69 Å². The molecule has 1 amide bonds. The number of fused-ring (bicyclic) bond motifs is 1. The van der Waals surface area contributed by atoms with Crippen molar-refractivity contribution >= 4 is 5.91 Å². The summed E-state index contributed by atoms with van der Waals surface area (Å²) in [7, 11) is 0. The summed E-state index contributed by atoms with van der Waals surface area (Å²) < 4.78 is 5.08. The van der Waals surface area contributed by atoms with Gasteiger partial charge in [-0.25, -0.2) is 0 Å². The number of aryl methyl sites for hydroxylation is 2. The van der Waals surface area contributed by atoms with Gasteiger partial charge in [0.1, 0.15) is 11.3 Å². The standard InChI is InChI=1S/C21H27N3O2/c1-14-20(15(2)26-23-14)21(25)22-13-16-6-7-17-8-10-24(19-4-3-5-19)11-9-18(17)12-16/h6-7,12,19H,3-5,8-11,13H2,1-2H3,(H,22,25). The molecule has 0 atom stereocenters. The number of hydrogen-bond donors (Lipinski definition) is 1. The molecule has 0 radical (unpaired) electrons. The zero-order valence-electron chi connectivity index (χ0n) is 15.7. The molecule has 2 aliphatic rings. The Kier molecular flexibility index (Phi) is 4.81. The highest BCUT2D eigenvalue weighted by molar-refractivity contribution is 5.96. The van der Waals surface area contributed by atoms with Gasteiger partial charge in [-0.05, 0) is 56.2 Å².